The van der Waals surface area contributed by atoms with Crippen LogP contribution in [0.25, 0.3) is 0 Å². The van der Waals surface area contributed by atoms with Gasteiger partial charge in [-0.25, -0.2) is 9.97 Å². The largest absolute Gasteiger partial charge is 0.377 e. The van der Waals surface area contributed by atoms with E-state index in [0.717, 1.165) is 49.7 Å². The fourth-order valence-electron chi connectivity index (χ4n) is 3.27. The van der Waals surface area contributed by atoms with E-state index in [1.54, 1.807) is 0 Å². The van der Waals surface area contributed by atoms with Gasteiger partial charge in [0.05, 0.1) is 18.8 Å². The molecular weight excluding hydrogens is 278 g/mol. The first kappa shape index (κ1) is 14.0. The Balaban J connectivity index is 1.58. The van der Waals surface area contributed by atoms with Crippen LogP contribution in [0, 0.1) is 0 Å². The highest BCUT2D eigenvalue weighted by molar-refractivity contribution is 5.61. The van der Waals surface area contributed by atoms with Crippen LogP contribution < -0.4 is 16.4 Å². The first-order valence-corrected chi connectivity index (χ1v) is 8.14. The fourth-order valence-corrected chi connectivity index (χ4v) is 3.27. The van der Waals surface area contributed by atoms with Crippen LogP contribution in [0.3, 0.4) is 0 Å². The van der Waals surface area contributed by atoms with Gasteiger partial charge in [0.15, 0.2) is 0 Å². The van der Waals surface area contributed by atoms with Gasteiger partial charge in [-0.15, -0.1) is 0 Å². The third kappa shape index (κ3) is 2.57. The van der Waals surface area contributed by atoms with Crippen molar-refractivity contribution in [2.75, 3.05) is 36.9 Å². The number of allylic oxidation sites excluding steroid dienone is 2. The second-order valence-electron chi connectivity index (χ2n) is 6.62. The molecule has 0 amide bonds. The highest BCUT2D eigenvalue weighted by Gasteiger charge is 2.34. The van der Waals surface area contributed by atoms with Gasteiger partial charge in [-0.1, -0.05) is 12.2 Å². The molecule has 1 saturated heterocycles. The number of rotatable bonds is 4. The molecule has 1 aliphatic carbocycles. The Hall–Kier alpha value is -1.66. The van der Waals surface area contributed by atoms with Gasteiger partial charge in [0.2, 0.25) is 0 Å². The molecule has 2 aliphatic heterocycles. The topological polar surface area (TPSA) is 85.1 Å². The molecule has 6 nitrogen and oxygen atoms in total. The average Bonchev–Trinajstić information content (AvgIpc) is 3.00. The molecule has 0 saturated carbocycles. The standard InChI is InChI=1S/C16H23N5O/c17-16(9-22-10-16)8-19-15-12-6-7-18-14(12)20-13(21-15)11-4-2-1-3-5-11/h1-2,11H,3-10,17H2,(H2,18,19,20,21). The van der Waals surface area contributed by atoms with Crippen molar-refractivity contribution in [2.24, 2.45) is 5.73 Å². The maximum Gasteiger partial charge on any atom is 0.136 e. The highest BCUT2D eigenvalue weighted by Crippen LogP contribution is 2.33. The third-order valence-corrected chi connectivity index (χ3v) is 4.71. The van der Waals surface area contributed by atoms with Crippen molar-refractivity contribution in [3.05, 3.63) is 23.5 Å². The van der Waals surface area contributed by atoms with Crippen molar-refractivity contribution >= 4 is 11.6 Å². The van der Waals surface area contributed by atoms with E-state index in [9.17, 15) is 0 Å². The minimum Gasteiger partial charge on any atom is -0.377 e. The van der Waals surface area contributed by atoms with E-state index in [-0.39, 0.29) is 5.54 Å². The summed E-state index contributed by atoms with van der Waals surface area (Å²) < 4.78 is 5.22. The van der Waals surface area contributed by atoms with E-state index in [2.05, 4.69) is 22.8 Å². The number of hydrogen-bond acceptors (Lipinski definition) is 6. The molecule has 0 spiro atoms. The smallest absolute Gasteiger partial charge is 0.136 e. The molecule has 1 atom stereocenters. The van der Waals surface area contributed by atoms with Crippen molar-refractivity contribution in [2.45, 2.75) is 37.1 Å². The molecule has 1 aromatic rings. The summed E-state index contributed by atoms with van der Waals surface area (Å²) in [5.41, 5.74) is 7.16. The molecule has 4 rings (SSSR count). The van der Waals surface area contributed by atoms with Crippen molar-refractivity contribution < 1.29 is 4.74 Å². The van der Waals surface area contributed by atoms with Crippen LogP contribution in [0.1, 0.15) is 36.6 Å². The number of anilines is 2. The summed E-state index contributed by atoms with van der Waals surface area (Å²) in [6.45, 7) is 2.86. The Morgan fingerprint density at radius 3 is 3.00 bits per heavy atom. The van der Waals surface area contributed by atoms with Gasteiger partial charge >= 0.3 is 0 Å². The molecule has 1 unspecified atom stereocenters. The molecule has 0 aromatic carbocycles. The molecular formula is C16H23N5O. The number of hydrogen-bond donors (Lipinski definition) is 3. The summed E-state index contributed by atoms with van der Waals surface area (Å²) in [7, 11) is 0. The summed E-state index contributed by atoms with van der Waals surface area (Å²) in [5.74, 6) is 3.34. The third-order valence-electron chi connectivity index (χ3n) is 4.71. The van der Waals surface area contributed by atoms with Crippen LogP contribution in [0.15, 0.2) is 12.2 Å². The molecule has 0 bridgehead atoms. The minimum absolute atomic E-state index is 0.252. The van der Waals surface area contributed by atoms with E-state index in [1.807, 2.05) is 0 Å². The van der Waals surface area contributed by atoms with Crippen molar-refractivity contribution in [1.82, 2.24) is 9.97 Å². The lowest BCUT2D eigenvalue weighted by Gasteiger charge is -2.38. The lowest BCUT2D eigenvalue weighted by Crippen LogP contribution is -2.61. The molecule has 0 radical (unpaired) electrons. The molecule has 118 valence electrons. The zero-order valence-corrected chi connectivity index (χ0v) is 12.8. The van der Waals surface area contributed by atoms with Crippen LogP contribution in [0.2, 0.25) is 0 Å². The Morgan fingerprint density at radius 2 is 2.27 bits per heavy atom. The van der Waals surface area contributed by atoms with Crippen LogP contribution in [0.5, 0.6) is 0 Å². The lowest BCUT2D eigenvalue weighted by atomic mass is 9.93. The summed E-state index contributed by atoms with van der Waals surface area (Å²) in [6, 6.07) is 0. The molecule has 3 aliphatic rings. The van der Waals surface area contributed by atoms with Crippen molar-refractivity contribution in [3.63, 3.8) is 0 Å². The second kappa shape index (κ2) is 5.52. The highest BCUT2D eigenvalue weighted by atomic mass is 16.5. The zero-order chi connectivity index (χ0) is 15.0. The molecule has 22 heavy (non-hydrogen) atoms. The van der Waals surface area contributed by atoms with E-state index in [1.165, 1.54) is 5.56 Å². The molecule has 1 aromatic heterocycles. The van der Waals surface area contributed by atoms with Crippen LogP contribution in [-0.2, 0) is 11.2 Å². The molecule has 6 heteroatoms. The maximum atomic E-state index is 6.22. The second-order valence-corrected chi connectivity index (χ2v) is 6.62. The number of ether oxygens (including phenoxy) is 1. The van der Waals surface area contributed by atoms with Crippen LogP contribution in [-0.4, -0.2) is 41.8 Å². The summed E-state index contributed by atoms with van der Waals surface area (Å²) >= 11 is 0. The van der Waals surface area contributed by atoms with Crippen molar-refractivity contribution in [1.29, 1.82) is 0 Å². The Bertz CT molecular complexity index is 596. The predicted octanol–water partition coefficient (Wildman–Crippen LogP) is 1.41. The van der Waals surface area contributed by atoms with Gasteiger partial charge < -0.3 is 21.1 Å². The number of nitrogens with two attached hydrogens (primary N) is 1. The van der Waals surface area contributed by atoms with E-state index >= 15 is 0 Å². The number of aromatic nitrogens is 2. The predicted molar refractivity (Wildman–Crippen MR) is 86.2 cm³/mol. The maximum absolute atomic E-state index is 6.22. The summed E-state index contributed by atoms with van der Waals surface area (Å²) in [6.07, 6.45) is 8.74. The molecule has 4 N–H and O–H groups in total. The first-order chi connectivity index (χ1) is 10.7. The first-order valence-electron chi connectivity index (χ1n) is 8.14. The van der Waals surface area contributed by atoms with Crippen LogP contribution in [0.4, 0.5) is 11.6 Å². The normalized spacial score (nSPS) is 25.2. The van der Waals surface area contributed by atoms with E-state index in [4.69, 9.17) is 20.4 Å². The van der Waals surface area contributed by atoms with Gasteiger partial charge in [0.1, 0.15) is 17.5 Å². The summed E-state index contributed by atoms with van der Waals surface area (Å²) in [4.78, 5) is 9.60. The van der Waals surface area contributed by atoms with Gasteiger partial charge in [0.25, 0.3) is 0 Å². The molecule has 3 heterocycles. The fraction of sp³-hybridized carbons (Fsp3) is 0.625. The summed E-state index contributed by atoms with van der Waals surface area (Å²) in [5, 5.41) is 6.83. The van der Waals surface area contributed by atoms with Gasteiger partial charge in [0, 0.05) is 24.6 Å². The lowest BCUT2D eigenvalue weighted by molar-refractivity contribution is -0.0462. The SMILES string of the molecule is NC1(CNc2nc(C3CC=CCC3)nc3c2CCN3)COC1. The number of nitrogens with one attached hydrogen (secondary N) is 2. The quantitative estimate of drug-likeness (QED) is 0.729. The number of nitrogens with zero attached hydrogens (tertiary/aromatic N) is 2. The molecule has 1 fully saturated rings. The van der Waals surface area contributed by atoms with E-state index < -0.39 is 0 Å². The Kier molecular flexibility index (Phi) is 3.50. The van der Waals surface area contributed by atoms with Gasteiger partial charge in [-0.3, -0.25) is 0 Å². The Morgan fingerprint density at radius 1 is 1.36 bits per heavy atom. The minimum atomic E-state index is -0.252. The Labute approximate surface area is 130 Å². The monoisotopic (exact) mass is 301 g/mol. The average molecular weight is 301 g/mol. The van der Waals surface area contributed by atoms with Gasteiger partial charge in [-0.2, -0.15) is 0 Å². The van der Waals surface area contributed by atoms with Gasteiger partial charge in [-0.05, 0) is 25.7 Å². The number of fused-ring (bicyclic) bond motifs is 1. The van der Waals surface area contributed by atoms with Crippen molar-refractivity contribution in [3.8, 4) is 0 Å². The van der Waals surface area contributed by atoms with Crippen LogP contribution >= 0.6 is 0 Å². The zero-order valence-electron chi connectivity index (χ0n) is 12.8. The van der Waals surface area contributed by atoms with E-state index in [0.29, 0.717) is 25.7 Å².